The molecule has 2 heterocycles. The molecule has 0 saturated carbocycles. The lowest BCUT2D eigenvalue weighted by molar-refractivity contribution is 0.0999. The number of carbonyl (C=O) groups excluding carboxylic acids is 1. The Bertz CT molecular complexity index is 1260. The second kappa shape index (κ2) is 6.94. The monoisotopic (exact) mass is 387 g/mol. The van der Waals surface area contributed by atoms with Gasteiger partial charge in [-0.05, 0) is 43.7 Å². The summed E-state index contributed by atoms with van der Waals surface area (Å²) in [5.41, 5.74) is 16.1. The van der Waals surface area contributed by atoms with Gasteiger partial charge in [-0.25, -0.2) is 4.98 Å². The molecule has 4 rings (SSSR count). The predicted molar refractivity (Wildman–Crippen MR) is 113 cm³/mol. The fourth-order valence-corrected chi connectivity index (χ4v) is 3.45. The van der Waals surface area contributed by atoms with E-state index in [0.717, 1.165) is 27.7 Å². The molecule has 0 aliphatic heterocycles. The number of pyridine rings is 1. The lowest BCUT2D eigenvalue weighted by Crippen LogP contribution is -2.12. The highest BCUT2D eigenvalue weighted by Crippen LogP contribution is 2.31. The maximum atomic E-state index is 11.5. The zero-order valence-electron chi connectivity index (χ0n) is 16.4. The van der Waals surface area contributed by atoms with Gasteiger partial charge in [-0.1, -0.05) is 6.07 Å². The maximum absolute atomic E-state index is 11.5. The van der Waals surface area contributed by atoms with Crippen molar-refractivity contribution in [2.45, 2.75) is 13.8 Å². The topological polar surface area (TPSA) is 109 Å². The molecule has 7 heteroatoms. The van der Waals surface area contributed by atoms with E-state index in [2.05, 4.69) is 10.1 Å². The van der Waals surface area contributed by atoms with Gasteiger partial charge in [-0.3, -0.25) is 9.48 Å². The molecule has 0 unspecified atom stereocenters. The van der Waals surface area contributed by atoms with E-state index in [0.29, 0.717) is 28.6 Å². The van der Waals surface area contributed by atoms with Crippen LogP contribution in [0.4, 0.5) is 5.82 Å². The number of fused-ring (bicyclic) bond motifs is 1. The van der Waals surface area contributed by atoms with Crippen LogP contribution in [-0.2, 0) is 7.05 Å². The van der Waals surface area contributed by atoms with Crippen molar-refractivity contribution in [3.63, 3.8) is 0 Å². The Balaban J connectivity index is 1.70. The molecule has 0 aliphatic carbocycles. The van der Waals surface area contributed by atoms with E-state index in [1.807, 2.05) is 55.9 Å². The minimum atomic E-state index is -0.459. The van der Waals surface area contributed by atoms with Gasteiger partial charge in [-0.15, -0.1) is 0 Å². The average Bonchev–Trinajstić information content (AvgIpc) is 2.94. The number of benzene rings is 2. The number of ether oxygens (including phenoxy) is 1. The summed E-state index contributed by atoms with van der Waals surface area (Å²) < 4.78 is 7.88. The van der Waals surface area contributed by atoms with Crippen LogP contribution >= 0.6 is 0 Å². The number of aromatic nitrogens is 3. The van der Waals surface area contributed by atoms with Crippen molar-refractivity contribution >= 4 is 22.6 Å². The molecule has 4 aromatic rings. The maximum Gasteiger partial charge on any atom is 0.248 e. The molecular weight excluding hydrogens is 366 g/mol. The largest absolute Gasteiger partial charge is 0.457 e. The fraction of sp³-hybridized carbons (Fsp3) is 0.136. The number of nitrogens with two attached hydrogens (primary N) is 2. The second-order valence-electron chi connectivity index (χ2n) is 7.00. The van der Waals surface area contributed by atoms with Crippen molar-refractivity contribution in [2.75, 3.05) is 5.73 Å². The Morgan fingerprint density at radius 3 is 2.55 bits per heavy atom. The molecule has 0 fully saturated rings. The van der Waals surface area contributed by atoms with Crippen molar-refractivity contribution in [1.82, 2.24) is 14.8 Å². The van der Waals surface area contributed by atoms with Gasteiger partial charge < -0.3 is 16.2 Å². The molecule has 146 valence electrons. The quantitative estimate of drug-likeness (QED) is 0.555. The summed E-state index contributed by atoms with van der Waals surface area (Å²) in [6.45, 7) is 3.81. The minimum Gasteiger partial charge on any atom is -0.457 e. The van der Waals surface area contributed by atoms with E-state index >= 15 is 0 Å². The Kier molecular flexibility index (Phi) is 4.43. The first-order chi connectivity index (χ1) is 13.8. The first-order valence-corrected chi connectivity index (χ1v) is 9.11. The lowest BCUT2D eigenvalue weighted by Gasteiger charge is -2.10. The van der Waals surface area contributed by atoms with Crippen LogP contribution in [0.1, 0.15) is 21.6 Å². The molecule has 2 aromatic carbocycles. The lowest BCUT2D eigenvalue weighted by atomic mass is 10.0. The molecule has 1 amide bonds. The van der Waals surface area contributed by atoms with Crippen molar-refractivity contribution in [3.05, 3.63) is 65.4 Å². The van der Waals surface area contributed by atoms with Crippen LogP contribution in [0.2, 0.25) is 0 Å². The molecule has 29 heavy (non-hydrogen) atoms. The Morgan fingerprint density at radius 2 is 1.83 bits per heavy atom. The average molecular weight is 387 g/mol. The van der Waals surface area contributed by atoms with Crippen LogP contribution in [0, 0.1) is 13.8 Å². The molecule has 2 aromatic heterocycles. The van der Waals surface area contributed by atoms with Gasteiger partial charge in [0.25, 0.3) is 0 Å². The van der Waals surface area contributed by atoms with Crippen molar-refractivity contribution in [1.29, 1.82) is 0 Å². The summed E-state index contributed by atoms with van der Waals surface area (Å²) in [6, 6.07) is 14.7. The van der Waals surface area contributed by atoms with Crippen LogP contribution in [-0.4, -0.2) is 20.7 Å². The third-order valence-electron chi connectivity index (χ3n) is 4.85. The van der Waals surface area contributed by atoms with Crippen LogP contribution < -0.4 is 16.2 Å². The molecule has 0 aliphatic rings. The van der Waals surface area contributed by atoms with Crippen molar-refractivity contribution in [3.8, 4) is 22.8 Å². The van der Waals surface area contributed by atoms with Gasteiger partial charge in [0.05, 0.1) is 16.9 Å². The zero-order valence-corrected chi connectivity index (χ0v) is 16.4. The Labute approximate surface area is 167 Å². The van der Waals surface area contributed by atoms with E-state index in [1.54, 1.807) is 18.2 Å². The normalized spacial score (nSPS) is 11.0. The number of nitrogens with zero attached hydrogens (tertiary/aromatic N) is 3. The molecule has 0 radical (unpaired) electrons. The van der Waals surface area contributed by atoms with Crippen LogP contribution in [0.15, 0.2) is 48.5 Å². The molecule has 0 bridgehead atoms. The standard InChI is InChI=1S/C22H21N5O2/c1-12-8-14(4-6-17(12)22(24)28)19-9-16(11-21(23)25-19)29-15-5-7-18-13(2)26-27(3)20(18)10-15/h4-11H,1-3H3,(H2,23,25)(H2,24,28). The number of amides is 1. The van der Waals surface area contributed by atoms with Gasteiger partial charge in [0, 0.05) is 41.8 Å². The first kappa shape index (κ1) is 18.5. The van der Waals surface area contributed by atoms with Crippen molar-refractivity contribution < 1.29 is 9.53 Å². The number of carbonyl (C=O) groups is 1. The SMILES string of the molecule is Cc1cc(-c2cc(Oc3ccc4c(C)nn(C)c4c3)cc(N)n2)ccc1C(N)=O. The summed E-state index contributed by atoms with van der Waals surface area (Å²) in [6.07, 6.45) is 0. The summed E-state index contributed by atoms with van der Waals surface area (Å²) in [5, 5.41) is 5.52. The van der Waals surface area contributed by atoms with Gasteiger partial charge >= 0.3 is 0 Å². The fourth-order valence-electron chi connectivity index (χ4n) is 3.45. The summed E-state index contributed by atoms with van der Waals surface area (Å²) >= 11 is 0. The number of aryl methyl sites for hydroxylation is 3. The van der Waals surface area contributed by atoms with E-state index in [-0.39, 0.29) is 0 Å². The van der Waals surface area contributed by atoms with Crippen LogP contribution in [0.5, 0.6) is 11.5 Å². The molecule has 0 saturated heterocycles. The van der Waals surface area contributed by atoms with E-state index in [9.17, 15) is 4.79 Å². The smallest absolute Gasteiger partial charge is 0.248 e. The van der Waals surface area contributed by atoms with E-state index in [4.69, 9.17) is 16.2 Å². The number of hydrogen-bond donors (Lipinski definition) is 2. The van der Waals surface area contributed by atoms with Crippen LogP contribution in [0.3, 0.4) is 0 Å². The third-order valence-corrected chi connectivity index (χ3v) is 4.85. The van der Waals surface area contributed by atoms with E-state index in [1.165, 1.54) is 0 Å². The van der Waals surface area contributed by atoms with Gasteiger partial charge in [0.2, 0.25) is 5.91 Å². The van der Waals surface area contributed by atoms with Gasteiger partial charge in [-0.2, -0.15) is 5.10 Å². The van der Waals surface area contributed by atoms with Gasteiger partial charge in [0.1, 0.15) is 17.3 Å². The number of rotatable bonds is 4. The Morgan fingerprint density at radius 1 is 1.03 bits per heavy atom. The van der Waals surface area contributed by atoms with Gasteiger partial charge in [0.15, 0.2) is 0 Å². The number of primary amides is 1. The predicted octanol–water partition coefficient (Wildman–Crippen LogP) is 3.73. The summed E-state index contributed by atoms with van der Waals surface area (Å²) in [7, 11) is 1.90. The minimum absolute atomic E-state index is 0.339. The highest BCUT2D eigenvalue weighted by Gasteiger charge is 2.11. The molecule has 4 N–H and O–H groups in total. The zero-order chi connectivity index (χ0) is 20.7. The molecule has 0 atom stereocenters. The molecule has 0 spiro atoms. The third kappa shape index (κ3) is 3.50. The van der Waals surface area contributed by atoms with E-state index < -0.39 is 5.91 Å². The summed E-state index contributed by atoms with van der Waals surface area (Å²) in [4.78, 5) is 15.9. The highest BCUT2D eigenvalue weighted by atomic mass is 16.5. The Hall–Kier alpha value is -3.87. The highest BCUT2D eigenvalue weighted by molar-refractivity contribution is 5.94. The molecular formula is C22H21N5O2. The summed E-state index contributed by atoms with van der Waals surface area (Å²) in [5.74, 6) is 1.13. The number of anilines is 1. The first-order valence-electron chi connectivity index (χ1n) is 9.11. The van der Waals surface area contributed by atoms with Crippen LogP contribution in [0.25, 0.3) is 22.2 Å². The molecule has 7 nitrogen and oxygen atoms in total. The number of hydrogen-bond acceptors (Lipinski definition) is 5. The second-order valence-corrected chi connectivity index (χ2v) is 7.00. The number of nitrogen functional groups attached to an aromatic ring is 1. The van der Waals surface area contributed by atoms with Crippen molar-refractivity contribution in [2.24, 2.45) is 12.8 Å².